The van der Waals surface area contributed by atoms with Crippen LogP contribution in [0.25, 0.3) is 0 Å². The molecule has 0 bridgehead atoms. The second kappa shape index (κ2) is 7.33. The maximum atomic E-state index is 2.50. The van der Waals surface area contributed by atoms with Crippen LogP contribution in [-0.2, 0) is 0 Å². The van der Waals surface area contributed by atoms with Crippen LogP contribution >= 0.6 is 0 Å². The average molecular weight is 199 g/mol. The Morgan fingerprint density at radius 1 is 1.31 bits per heavy atom. The molecule has 0 saturated heterocycles. The molecule has 78 valence electrons. The lowest BCUT2D eigenvalue weighted by Gasteiger charge is -2.28. The lowest BCUT2D eigenvalue weighted by Crippen LogP contribution is -2.40. The lowest BCUT2D eigenvalue weighted by atomic mass is 10.4. The molecule has 0 amide bonds. The van der Waals surface area contributed by atoms with Crippen molar-refractivity contribution < 1.29 is 0 Å². The highest BCUT2D eigenvalue weighted by atomic mass is 28.3. The van der Waals surface area contributed by atoms with E-state index in [1.807, 2.05) is 0 Å². The van der Waals surface area contributed by atoms with Gasteiger partial charge in [-0.15, -0.1) is 5.70 Å². The first-order valence-corrected chi connectivity index (χ1v) is 7.61. The van der Waals surface area contributed by atoms with E-state index in [0.717, 1.165) is 5.67 Å². The van der Waals surface area contributed by atoms with E-state index < -0.39 is 8.80 Å². The average Bonchev–Trinajstić information content (AvgIpc) is 2.05. The topological polar surface area (TPSA) is 3.24 Å². The van der Waals surface area contributed by atoms with Crippen LogP contribution < -0.4 is 0 Å². The van der Waals surface area contributed by atoms with Crippen LogP contribution in [0, 0.1) is 0 Å². The molecule has 1 nitrogen and oxygen atoms in total. The summed E-state index contributed by atoms with van der Waals surface area (Å²) in [5, 5.41) is 0. The molecule has 0 saturated carbocycles. The molecular formula is C11H25NSi. The Labute approximate surface area is 85.4 Å². The zero-order valence-corrected chi connectivity index (χ0v) is 11.0. The third kappa shape index (κ3) is 4.63. The van der Waals surface area contributed by atoms with Gasteiger partial charge < -0.3 is 4.90 Å². The first-order valence-electron chi connectivity index (χ1n) is 5.46. The van der Waals surface area contributed by atoms with E-state index in [9.17, 15) is 0 Å². The molecule has 0 aliphatic heterocycles. The van der Waals surface area contributed by atoms with Crippen molar-refractivity contribution in [1.29, 1.82) is 0 Å². The maximum Gasteiger partial charge on any atom is 0.0799 e. The Kier molecular flexibility index (Phi) is 7.29. The van der Waals surface area contributed by atoms with Crippen molar-refractivity contribution in [2.24, 2.45) is 0 Å². The standard InChI is InChI=1S/C11H25NSi/c1-6-9-13(10-7-2)11(8-3)12(4)5/h6,9,11,13H,7-8,10H2,1-5H3/b9-6-. The Morgan fingerprint density at radius 3 is 2.23 bits per heavy atom. The summed E-state index contributed by atoms with van der Waals surface area (Å²) < 4.78 is 0. The number of allylic oxidation sites excluding steroid dienone is 1. The molecule has 0 spiro atoms. The van der Waals surface area contributed by atoms with Crippen LogP contribution in [0.3, 0.4) is 0 Å². The molecule has 0 aromatic rings. The highest BCUT2D eigenvalue weighted by Gasteiger charge is 2.19. The molecule has 0 rings (SSSR count). The van der Waals surface area contributed by atoms with Gasteiger partial charge in [-0.05, 0) is 27.4 Å². The second-order valence-electron chi connectivity index (χ2n) is 3.92. The normalized spacial score (nSPS) is 16.8. The Morgan fingerprint density at radius 2 is 1.92 bits per heavy atom. The monoisotopic (exact) mass is 199 g/mol. The van der Waals surface area contributed by atoms with E-state index in [1.54, 1.807) is 0 Å². The molecule has 0 aromatic heterocycles. The van der Waals surface area contributed by atoms with Gasteiger partial charge in [0, 0.05) is 5.67 Å². The summed E-state index contributed by atoms with van der Waals surface area (Å²) in [4.78, 5) is 2.41. The predicted octanol–water partition coefficient (Wildman–Crippen LogP) is 2.62. The van der Waals surface area contributed by atoms with Gasteiger partial charge >= 0.3 is 0 Å². The summed E-state index contributed by atoms with van der Waals surface area (Å²) in [6.07, 6.45) is 4.89. The van der Waals surface area contributed by atoms with Crippen LogP contribution in [0.4, 0.5) is 0 Å². The van der Waals surface area contributed by atoms with Crippen molar-refractivity contribution in [3.63, 3.8) is 0 Å². The first kappa shape index (κ1) is 12.9. The van der Waals surface area contributed by atoms with Crippen LogP contribution in [-0.4, -0.2) is 33.5 Å². The fraction of sp³-hybridized carbons (Fsp3) is 0.818. The largest absolute Gasteiger partial charge is 0.309 e. The SMILES string of the molecule is C/C=C\[SiH](CCC)C(CC)N(C)C. The van der Waals surface area contributed by atoms with Gasteiger partial charge in [0.05, 0.1) is 8.80 Å². The number of hydrogen-bond acceptors (Lipinski definition) is 1. The minimum atomic E-state index is -0.661. The fourth-order valence-corrected chi connectivity index (χ4v) is 5.41. The molecule has 0 N–H and O–H groups in total. The summed E-state index contributed by atoms with van der Waals surface area (Å²) in [5.41, 5.74) is 3.34. The van der Waals surface area contributed by atoms with Crippen LogP contribution in [0.15, 0.2) is 11.8 Å². The summed E-state index contributed by atoms with van der Waals surface area (Å²) in [5.74, 6) is 0. The predicted molar refractivity (Wildman–Crippen MR) is 64.8 cm³/mol. The minimum absolute atomic E-state index is 0.661. The smallest absolute Gasteiger partial charge is 0.0799 e. The fourth-order valence-electron chi connectivity index (χ4n) is 2.05. The van der Waals surface area contributed by atoms with E-state index in [2.05, 4.69) is 51.5 Å². The highest BCUT2D eigenvalue weighted by molar-refractivity contribution is 6.65. The summed E-state index contributed by atoms with van der Waals surface area (Å²) in [6.45, 7) is 6.76. The molecule has 2 heteroatoms. The van der Waals surface area contributed by atoms with Gasteiger partial charge in [-0.3, -0.25) is 0 Å². The first-order chi connectivity index (χ1) is 6.17. The van der Waals surface area contributed by atoms with Crippen molar-refractivity contribution in [3.8, 4) is 0 Å². The molecular weight excluding hydrogens is 174 g/mol. The molecule has 2 unspecified atom stereocenters. The van der Waals surface area contributed by atoms with Gasteiger partial charge in [-0.1, -0.05) is 32.4 Å². The van der Waals surface area contributed by atoms with Gasteiger partial charge in [0.15, 0.2) is 0 Å². The van der Waals surface area contributed by atoms with Crippen molar-refractivity contribution in [2.75, 3.05) is 14.1 Å². The van der Waals surface area contributed by atoms with Crippen molar-refractivity contribution >= 4 is 8.80 Å². The summed E-state index contributed by atoms with van der Waals surface area (Å²) in [6, 6.07) is 1.45. The van der Waals surface area contributed by atoms with Crippen molar-refractivity contribution in [1.82, 2.24) is 4.90 Å². The van der Waals surface area contributed by atoms with Gasteiger partial charge in [0.25, 0.3) is 0 Å². The van der Waals surface area contributed by atoms with E-state index in [1.165, 1.54) is 18.9 Å². The Hall–Kier alpha value is -0.0831. The van der Waals surface area contributed by atoms with E-state index >= 15 is 0 Å². The van der Waals surface area contributed by atoms with Crippen LogP contribution in [0.2, 0.25) is 6.04 Å². The van der Waals surface area contributed by atoms with Crippen molar-refractivity contribution in [3.05, 3.63) is 11.8 Å². The molecule has 2 atom stereocenters. The third-order valence-electron chi connectivity index (χ3n) is 2.64. The van der Waals surface area contributed by atoms with E-state index in [-0.39, 0.29) is 0 Å². The van der Waals surface area contributed by atoms with E-state index in [4.69, 9.17) is 0 Å². The highest BCUT2D eigenvalue weighted by Crippen LogP contribution is 2.11. The van der Waals surface area contributed by atoms with Gasteiger partial charge in [-0.25, -0.2) is 0 Å². The quantitative estimate of drug-likeness (QED) is 0.594. The summed E-state index contributed by atoms with van der Waals surface area (Å²) in [7, 11) is 3.77. The van der Waals surface area contributed by atoms with E-state index in [0.29, 0.717) is 0 Å². The number of rotatable bonds is 6. The molecule has 0 heterocycles. The molecule has 0 radical (unpaired) electrons. The zero-order chi connectivity index (χ0) is 10.3. The molecule has 0 fully saturated rings. The number of hydrogen-bond donors (Lipinski definition) is 0. The molecule has 0 aliphatic rings. The third-order valence-corrected chi connectivity index (χ3v) is 6.82. The van der Waals surface area contributed by atoms with Gasteiger partial charge in [-0.2, -0.15) is 0 Å². The van der Waals surface area contributed by atoms with Gasteiger partial charge in [0.2, 0.25) is 0 Å². The van der Waals surface area contributed by atoms with Crippen LogP contribution in [0.5, 0.6) is 0 Å². The molecule has 0 aliphatic carbocycles. The lowest BCUT2D eigenvalue weighted by molar-refractivity contribution is 0.360. The van der Waals surface area contributed by atoms with Crippen molar-refractivity contribution in [2.45, 2.75) is 45.3 Å². The molecule has 0 aromatic carbocycles. The Balaban J connectivity index is 4.29. The maximum absolute atomic E-state index is 2.50. The number of nitrogens with zero attached hydrogens (tertiary/aromatic N) is 1. The summed E-state index contributed by atoms with van der Waals surface area (Å²) >= 11 is 0. The second-order valence-corrected chi connectivity index (χ2v) is 6.98. The Bertz CT molecular complexity index is 143. The zero-order valence-electron chi connectivity index (χ0n) is 9.88. The van der Waals surface area contributed by atoms with Gasteiger partial charge in [0.1, 0.15) is 0 Å². The molecule has 13 heavy (non-hydrogen) atoms. The van der Waals surface area contributed by atoms with Crippen LogP contribution in [0.1, 0.15) is 33.6 Å². The minimum Gasteiger partial charge on any atom is -0.309 e.